The summed E-state index contributed by atoms with van der Waals surface area (Å²) in [4.78, 5) is 45.3. The van der Waals surface area contributed by atoms with E-state index < -0.39 is 11.9 Å². The van der Waals surface area contributed by atoms with E-state index in [0.717, 1.165) is 11.1 Å². The number of ether oxygens (including phenoxy) is 1. The summed E-state index contributed by atoms with van der Waals surface area (Å²) in [5.41, 5.74) is 4.85. The van der Waals surface area contributed by atoms with Crippen molar-refractivity contribution in [2.45, 2.75) is 38.6 Å². The lowest BCUT2D eigenvalue weighted by Crippen LogP contribution is -2.38. The molecule has 3 amide bonds. The lowest BCUT2D eigenvalue weighted by molar-refractivity contribution is -0.129. The molecule has 0 saturated carbocycles. The molecule has 0 spiro atoms. The van der Waals surface area contributed by atoms with Crippen molar-refractivity contribution in [2.24, 2.45) is 5.92 Å². The van der Waals surface area contributed by atoms with Gasteiger partial charge in [0.25, 0.3) is 0 Å². The summed E-state index contributed by atoms with van der Waals surface area (Å²) in [5, 5.41) is 16.0. The quantitative estimate of drug-likeness (QED) is 0.227. The van der Waals surface area contributed by atoms with Crippen molar-refractivity contribution in [2.75, 3.05) is 24.3 Å². The Morgan fingerprint density at radius 2 is 1.96 bits per heavy atom. The number of benzene rings is 2. The number of hydrogen-bond donors (Lipinski definition) is 3. The Kier molecular flexibility index (Phi) is 8.80. The summed E-state index contributed by atoms with van der Waals surface area (Å²) < 4.78 is 20.2. The lowest BCUT2D eigenvalue weighted by atomic mass is 9.90. The monoisotopic (exact) mass is 643 g/mol. The number of rotatable bonds is 4. The molecule has 2 aliphatic rings. The molecule has 11 nitrogen and oxygen atoms in total. The standard InChI is InChI=1S/C33H31ClFN7O4/c1-18-4-3-5-28(26-14-19(10-12-36-26)22-7-6-21(38-33(45)46-2)16-25(22)39-32(18)44)42-13-11-20(15-29(42)43)30-23(27-17-37-41-40-27)8-9-24(34)31(30)35/h6-10,12,14-18,28H,3-5,11,13H2,1-2H3,(H,38,45)(H,39,44)(H,37,40,41)/t18-,28+/m1/s1. The van der Waals surface area contributed by atoms with Gasteiger partial charge in [0.1, 0.15) is 11.5 Å². The zero-order valence-electron chi connectivity index (χ0n) is 25.1. The zero-order valence-corrected chi connectivity index (χ0v) is 25.9. The molecule has 4 aromatic rings. The summed E-state index contributed by atoms with van der Waals surface area (Å²) in [6.07, 6.45) is 6.26. The molecule has 3 N–H and O–H groups in total. The molecule has 46 heavy (non-hydrogen) atoms. The second-order valence-corrected chi connectivity index (χ2v) is 11.7. The van der Waals surface area contributed by atoms with Crippen molar-refractivity contribution in [3.63, 3.8) is 0 Å². The minimum Gasteiger partial charge on any atom is -0.453 e. The van der Waals surface area contributed by atoms with Gasteiger partial charge in [0.05, 0.1) is 35.8 Å². The van der Waals surface area contributed by atoms with E-state index in [1.807, 2.05) is 19.1 Å². The number of pyridine rings is 1. The molecule has 0 aliphatic carbocycles. The second-order valence-electron chi connectivity index (χ2n) is 11.3. The number of H-pyrrole nitrogens is 1. The topological polar surface area (TPSA) is 142 Å². The van der Waals surface area contributed by atoms with Crippen molar-refractivity contribution in [3.8, 4) is 22.4 Å². The Hall–Kier alpha value is -5.10. The Balaban J connectivity index is 1.37. The van der Waals surface area contributed by atoms with E-state index >= 15 is 4.39 Å². The molecule has 0 fully saturated rings. The van der Waals surface area contributed by atoms with Crippen LogP contribution in [0.1, 0.15) is 49.9 Å². The fourth-order valence-electron chi connectivity index (χ4n) is 5.99. The number of fused-ring (bicyclic) bond motifs is 4. The maximum Gasteiger partial charge on any atom is 0.411 e. The molecule has 0 unspecified atom stereocenters. The fraction of sp³-hybridized carbons (Fsp3) is 0.273. The summed E-state index contributed by atoms with van der Waals surface area (Å²) in [7, 11) is 1.27. The summed E-state index contributed by atoms with van der Waals surface area (Å²) in [6, 6.07) is 11.7. The predicted molar refractivity (Wildman–Crippen MR) is 171 cm³/mol. The van der Waals surface area contributed by atoms with E-state index in [-0.39, 0.29) is 34.4 Å². The van der Waals surface area contributed by atoms with E-state index in [2.05, 4.69) is 31.0 Å². The van der Waals surface area contributed by atoms with Gasteiger partial charge in [-0.3, -0.25) is 25.0 Å². The van der Waals surface area contributed by atoms with Crippen LogP contribution in [0.15, 0.2) is 60.9 Å². The highest BCUT2D eigenvalue weighted by atomic mass is 35.5. The highest BCUT2D eigenvalue weighted by molar-refractivity contribution is 6.31. The third kappa shape index (κ3) is 6.20. The van der Waals surface area contributed by atoms with Crippen molar-refractivity contribution in [1.29, 1.82) is 0 Å². The van der Waals surface area contributed by atoms with Crippen molar-refractivity contribution in [3.05, 3.63) is 83.0 Å². The van der Waals surface area contributed by atoms with Crippen molar-refractivity contribution < 1.29 is 23.5 Å². The van der Waals surface area contributed by atoms with Crippen molar-refractivity contribution in [1.82, 2.24) is 25.3 Å². The van der Waals surface area contributed by atoms with Crippen LogP contribution in [0, 0.1) is 11.7 Å². The first-order chi connectivity index (χ1) is 22.2. The number of hydrogen-bond acceptors (Lipinski definition) is 7. The number of halogens is 2. The maximum atomic E-state index is 15.5. The van der Waals surface area contributed by atoms with E-state index in [0.29, 0.717) is 66.1 Å². The van der Waals surface area contributed by atoms with Crippen molar-refractivity contribution >= 4 is 46.5 Å². The van der Waals surface area contributed by atoms with Crippen LogP contribution >= 0.6 is 11.6 Å². The van der Waals surface area contributed by atoms with Gasteiger partial charge >= 0.3 is 6.09 Å². The molecule has 0 saturated heterocycles. The maximum absolute atomic E-state index is 15.5. The van der Waals surface area contributed by atoms with E-state index in [1.54, 1.807) is 41.6 Å². The first kappa shape index (κ1) is 30.9. The molecule has 4 heterocycles. The minimum atomic E-state index is -0.627. The van der Waals surface area contributed by atoms with Crippen LogP contribution in [0.3, 0.4) is 0 Å². The van der Waals surface area contributed by atoms with E-state index in [4.69, 9.17) is 16.3 Å². The Bertz CT molecular complexity index is 1850. The number of anilines is 2. The van der Waals surface area contributed by atoms with Gasteiger partial charge in [-0.25, -0.2) is 9.18 Å². The first-order valence-corrected chi connectivity index (χ1v) is 15.2. The van der Waals surface area contributed by atoms with Gasteiger partial charge in [-0.05, 0) is 60.7 Å². The van der Waals surface area contributed by atoms with Crippen LogP contribution in [0.4, 0.5) is 20.6 Å². The third-order valence-electron chi connectivity index (χ3n) is 8.39. The number of carbonyl (C=O) groups is 3. The molecule has 2 aromatic heterocycles. The molecule has 2 aliphatic heterocycles. The van der Waals surface area contributed by atoms with Crippen LogP contribution in [0.25, 0.3) is 28.0 Å². The highest BCUT2D eigenvalue weighted by Gasteiger charge is 2.31. The average Bonchev–Trinajstić information content (AvgIpc) is 3.59. The van der Waals surface area contributed by atoms with Gasteiger partial charge in [0, 0.05) is 47.1 Å². The molecular formula is C33H31ClFN7O4. The molecule has 0 radical (unpaired) electrons. The van der Waals surface area contributed by atoms with Crippen LogP contribution in [0.5, 0.6) is 0 Å². The largest absolute Gasteiger partial charge is 0.453 e. The summed E-state index contributed by atoms with van der Waals surface area (Å²) >= 11 is 6.17. The second kappa shape index (κ2) is 13.1. The molecule has 2 atom stereocenters. The van der Waals surface area contributed by atoms with Gasteiger partial charge in [-0.2, -0.15) is 0 Å². The predicted octanol–water partition coefficient (Wildman–Crippen LogP) is 6.62. The molecule has 2 bridgehead atoms. The van der Waals surface area contributed by atoms with E-state index in [9.17, 15) is 14.4 Å². The number of carbonyl (C=O) groups excluding carboxylic acids is 3. The van der Waals surface area contributed by atoms with Crippen LogP contribution in [0.2, 0.25) is 5.02 Å². The molecular weight excluding hydrogens is 613 g/mol. The third-order valence-corrected chi connectivity index (χ3v) is 8.68. The minimum absolute atomic E-state index is 0.0509. The molecule has 6 rings (SSSR count). The Morgan fingerprint density at radius 1 is 1.13 bits per heavy atom. The number of aromatic amines is 1. The van der Waals surface area contributed by atoms with Crippen LogP contribution < -0.4 is 10.6 Å². The number of methoxy groups -OCH3 is 1. The first-order valence-electron chi connectivity index (χ1n) is 14.9. The SMILES string of the molecule is COC(=O)Nc1ccc2c(c1)NC(=O)[C@H](C)CCC[C@H](N1CCC(c3c(-c4c[nH]nn4)ccc(Cl)c3F)=CC1=O)c1cc-2ccn1. The van der Waals surface area contributed by atoms with Gasteiger partial charge in [-0.15, -0.1) is 5.10 Å². The highest BCUT2D eigenvalue weighted by Crippen LogP contribution is 2.40. The van der Waals surface area contributed by atoms with Crippen LogP contribution in [-0.2, 0) is 14.3 Å². The number of nitrogens with zero attached hydrogens (tertiary/aromatic N) is 4. The number of aromatic nitrogens is 4. The molecule has 13 heteroatoms. The zero-order chi connectivity index (χ0) is 32.4. The van der Waals surface area contributed by atoms with Gasteiger partial charge in [-0.1, -0.05) is 42.3 Å². The van der Waals surface area contributed by atoms with Gasteiger partial charge in [0.2, 0.25) is 11.8 Å². The number of amides is 3. The number of nitrogens with one attached hydrogen (secondary N) is 3. The summed E-state index contributed by atoms with van der Waals surface area (Å²) in [5.74, 6) is -1.37. The normalized spacial score (nSPS) is 18.4. The van der Waals surface area contributed by atoms with E-state index in [1.165, 1.54) is 19.3 Å². The Morgan fingerprint density at radius 3 is 2.72 bits per heavy atom. The van der Waals surface area contributed by atoms with Gasteiger partial charge in [0.15, 0.2) is 0 Å². The average molecular weight is 644 g/mol. The fourth-order valence-corrected chi connectivity index (χ4v) is 6.14. The molecule has 236 valence electrons. The summed E-state index contributed by atoms with van der Waals surface area (Å²) in [6.45, 7) is 2.18. The smallest absolute Gasteiger partial charge is 0.411 e. The Labute approximate surface area is 269 Å². The lowest BCUT2D eigenvalue weighted by Gasteiger charge is -2.35. The van der Waals surface area contributed by atoms with Gasteiger partial charge < -0.3 is 15.0 Å². The molecule has 2 aromatic carbocycles. The van der Waals surface area contributed by atoms with Crippen LogP contribution in [-0.4, -0.2) is 56.9 Å².